The van der Waals surface area contributed by atoms with Crippen LogP contribution in [0.25, 0.3) is 5.69 Å². The average molecular weight is 415 g/mol. The SMILES string of the molecule is Cc1ccccc1-n1nc2c(c1NC(=O)COc1ccc(F)cc1)CS(=O)(=O)C2. The predicted molar refractivity (Wildman–Crippen MR) is 105 cm³/mol. The first kappa shape index (κ1) is 19.1. The smallest absolute Gasteiger partial charge is 0.263 e. The highest BCUT2D eigenvalue weighted by atomic mass is 32.2. The molecule has 29 heavy (non-hydrogen) atoms. The molecule has 2 heterocycles. The fraction of sp³-hybridized carbons (Fsp3) is 0.200. The van der Waals surface area contributed by atoms with Gasteiger partial charge in [-0.05, 0) is 42.8 Å². The number of para-hydroxylation sites is 1. The maximum atomic E-state index is 13.0. The van der Waals surface area contributed by atoms with Crippen LogP contribution in [0.15, 0.2) is 48.5 Å². The molecular weight excluding hydrogens is 397 g/mol. The molecule has 1 aliphatic rings. The molecule has 4 rings (SSSR count). The second-order valence-corrected chi connectivity index (χ2v) is 8.86. The van der Waals surface area contributed by atoms with E-state index in [1.165, 1.54) is 24.3 Å². The highest BCUT2D eigenvalue weighted by molar-refractivity contribution is 7.90. The Morgan fingerprint density at radius 3 is 2.62 bits per heavy atom. The van der Waals surface area contributed by atoms with E-state index >= 15 is 0 Å². The summed E-state index contributed by atoms with van der Waals surface area (Å²) in [6.45, 7) is 1.59. The van der Waals surface area contributed by atoms with Crippen molar-refractivity contribution in [2.24, 2.45) is 0 Å². The molecule has 2 aromatic carbocycles. The first-order valence-corrected chi connectivity index (χ1v) is 10.7. The Bertz CT molecular complexity index is 1190. The number of carbonyl (C=O) groups is 1. The van der Waals surface area contributed by atoms with Crippen molar-refractivity contribution in [3.63, 3.8) is 0 Å². The van der Waals surface area contributed by atoms with Crippen LogP contribution in [0.1, 0.15) is 16.8 Å². The maximum absolute atomic E-state index is 13.0. The van der Waals surface area contributed by atoms with Crippen LogP contribution in [0.5, 0.6) is 5.75 Å². The Morgan fingerprint density at radius 2 is 1.90 bits per heavy atom. The molecule has 1 N–H and O–H groups in total. The third kappa shape index (κ3) is 4.00. The molecule has 7 nitrogen and oxygen atoms in total. The number of amides is 1. The summed E-state index contributed by atoms with van der Waals surface area (Å²) in [5.41, 5.74) is 2.59. The molecule has 0 saturated heterocycles. The highest BCUT2D eigenvalue weighted by Gasteiger charge is 2.33. The molecule has 9 heteroatoms. The van der Waals surface area contributed by atoms with Gasteiger partial charge >= 0.3 is 0 Å². The largest absolute Gasteiger partial charge is 0.484 e. The second-order valence-electron chi connectivity index (χ2n) is 6.80. The van der Waals surface area contributed by atoms with Gasteiger partial charge in [-0.2, -0.15) is 5.10 Å². The number of halogens is 1. The molecule has 0 unspecified atom stereocenters. The zero-order valence-electron chi connectivity index (χ0n) is 15.6. The third-order valence-corrected chi connectivity index (χ3v) is 6.01. The number of fused-ring (bicyclic) bond motifs is 1. The van der Waals surface area contributed by atoms with Gasteiger partial charge in [-0.15, -0.1) is 0 Å². The van der Waals surface area contributed by atoms with Crippen LogP contribution in [0, 0.1) is 12.7 Å². The molecule has 0 spiro atoms. The average Bonchev–Trinajstić information content (AvgIpc) is 3.14. The molecule has 0 bridgehead atoms. The number of rotatable bonds is 5. The Balaban J connectivity index is 1.61. The summed E-state index contributed by atoms with van der Waals surface area (Å²) < 4.78 is 44.0. The number of ether oxygens (including phenoxy) is 1. The van der Waals surface area contributed by atoms with Crippen molar-refractivity contribution < 1.29 is 22.3 Å². The lowest BCUT2D eigenvalue weighted by Gasteiger charge is -2.13. The summed E-state index contributed by atoms with van der Waals surface area (Å²) in [5.74, 6) is -0.541. The third-order valence-electron chi connectivity index (χ3n) is 4.57. The van der Waals surface area contributed by atoms with Crippen molar-refractivity contribution >= 4 is 21.6 Å². The van der Waals surface area contributed by atoms with E-state index in [2.05, 4.69) is 10.4 Å². The van der Waals surface area contributed by atoms with Crippen LogP contribution >= 0.6 is 0 Å². The first-order valence-electron chi connectivity index (χ1n) is 8.88. The number of anilines is 1. The van der Waals surface area contributed by atoms with Crippen molar-refractivity contribution in [2.75, 3.05) is 11.9 Å². The summed E-state index contributed by atoms with van der Waals surface area (Å²) in [4.78, 5) is 12.5. The topological polar surface area (TPSA) is 90.3 Å². The van der Waals surface area contributed by atoms with E-state index in [-0.39, 0.29) is 18.1 Å². The summed E-state index contributed by atoms with van der Waals surface area (Å²) in [6, 6.07) is 12.8. The molecule has 0 aliphatic carbocycles. The van der Waals surface area contributed by atoms with Gasteiger partial charge in [-0.25, -0.2) is 17.5 Å². The van der Waals surface area contributed by atoms with Crippen LogP contribution < -0.4 is 10.1 Å². The predicted octanol–water partition coefficient (Wildman–Crippen LogP) is 2.77. The van der Waals surface area contributed by atoms with Crippen LogP contribution in [-0.4, -0.2) is 30.7 Å². The molecule has 3 aromatic rings. The van der Waals surface area contributed by atoms with Crippen molar-refractivity contribution in [1.82, 2.24) is 9.78 Å². The monoisotopic (exact) mass is 415 g/mol. The van der Waals surface area contributed by atoms with Gasteiger partial charge in [0.05, 0.1) is 22.9 Å². The number of nitrogens with zero attached hydrogens (tertiary/aromatic N) is 2. The lowest BCUT2D eigenvalue weighted by Crippen LogP contribution is -2.23. The maximum Gasteiger partial charge on any atom is 0.263 e. The molecule has 0 atom stereocenters. The zero-order chi connectivity index (χ0) is 20.6. The number of aromatic nitrogens is 2. The van der Waals surface area contributed by atoms with Crippen LogP contribution in [-0.2, 0) is 26.1 Å². The Kier molecular flexibility index (Phi) is 4.83. The van der Waals surface area contributed by atoms with Crippen molar-refractivity contribution in [2.45, 2.75) is 18.4 Å². The molecule has 0 saturated carbocycles. The Labute approximate surface area is 167 Å². The summed E-state index contributed by atoms with van der Waals surface area (Å²) in [6.07, 6.45) is 0. The molecular formula is C20H18FN3O4S. The first-order chi connectivity index (χ1) is 13.8. The number of benzene rings is 2. The van der Waals surface area contributed by atoms with Gasteiger partial charge in [0, 0.05) is 5.56 Å². The number of carbonyl (C=O) groups excluding carboxylic acids is 1. The summed E-state index contributed by atoms with van der Waals surface area (Å²) in [5, 5.41) is 7.17. The number of sulfone groups is 1. The van der Waals surface area contributed by atoms with Gasteiger partial charge in [0.25, 0.3) is 5.91 Å². The molecule has 1 aromatic heterocycles. The molecule has 1 amide bonds. The Hall–Kier alpha value is -3.20. The van der Waals surface area contributed by atoms with E-state index in [0.29, 0.717) is 22.8 Å². The summed E-state index contributed by atoms with van der Waals surface area (Å²) in [7, 11) is -3.28. The van der Waals surface area contributed by atoms with Crippen molar-refractivity contribution in [3.8, 4) is 11.4 Å². The van der Waals surface area contributed by atoms with Crippen molar-refractivity contribution in [1.29, 1.82) is 0 Å². The molecule has 150 valence electrons. The Morgan fingerprint density at radius 1 is 1.17 bits per heavy atom. The van der Waals surface area contributed by atoms with Gasteiger partial charge in [-0.1, -0.05) is 18.2 Å². The van der Waals surface area contributed by atoms with E-state index < -0.39 is 21.6 Å². The standard InChI is InChI=1S/C20H18FN3O4S/c1-13-4-2-3-5-18(13)24-20(16-11-29(26,27)12-17(16)23-24)22-19(25)10-28-15-8-6-14(21)7-9-15/h2-9H,10-12H2,1H3,(H,22,25). The summed E-state index contributed by atoms with van der Waals surface area (Å²) >= 11 is 0. The van der Waals surface area contributed by atoms with Gasteiger partial charge in [0.2, 0.25) is 0 Å². The number of hydrogen-bond donors (Lipinski definition) is 1. The second kappa shape index (κ2) is 7.32. The van der Waals surface area contributed by atoms with Crippen LogP contribution in [0.4, 0.5) is 10.2 Å². The van der Waals surface area contributed by atoms with E-state index in [1.807, 2.05) is 31.2 Å². The molecule has 1 aliphatic heterocycles. The fourth-order valence-corrected chi connectivity index (χ4v) is 4.69. The van der Waals surface area contributed by atoms with Crippen LogP contribution in [0.3, 0.4) is 0 Å². The number of hydrogen-bond acceptors (Lipinski definition) is 5. The highest BCUT2D eigenvalue weighted by Crippen LogP contribution is 2.33. The minimum absolute atomic E-state index is 0.157. The number of nitrogens with one attached hydrogen (secondary N) is 1. The normalized spacial score (nSPS) is 14.4. The van der Waals surface area contributed by atoms with Gasteiger partial charge in [0.15, 0.2) is 16.4 Å². The minimum atomic E-state index is -3.28. The van der Waals surface area contributed by atoms with Gasteiger partial charge in [0.1, 0.15) is 17.4 Å². The lowest BCUT2D eigenvalue weighted by molar-refractivity contribution is -0.118. The fourth-order valence-electron chi connectivity index (χ4n) is 3.19. The van der Waals surface area contributed by atoms with E-state index in [1.54, 1.807) is 4.68 Å². The quantitative estimate of drug-likeness (QED) is 0.692. The van der Waals surface area contributed by atoms with E-state index in [4.69, 9.17) is 4.74 Å². The van der Waals surface area contributed by atoms with E-state index in [0.717, 1.165) is 11.3 Å². The minimum Gasteiger partial charge on any atom is -0.484 e. The van der Waals surface area contributed by atoms with Gasteiger partial charge in [-0.3, -0.25) is 4.79 Å². The van der Waals surface area contributed by atoms with Gasteiger partial charge < -0.3 is 10.1 Å². The van der Waals surface area contributed by atoms with Crippen molar-refractivity contribution in [3.05, 3.63) is 71.2 Å². The van der Waals surface area contributed by atoms with E-state index in [9.17, 15) is 17.6 Å². The van der Waals surface area contributed by atoms with Crippen LogP contribution in [0.2, 0.25) is 0 Å². The lowest BCUT2D eigenvalue weighted by atomic mass is 10.2. The molecule has 0 fully saturated rings. The zero-order valence-corrected chi connectivity index (χ0v) is 16.4. The molecule has 0 radical (unpaired) electrons. The number of aryl methyl sites for hydroxylation is 1.